The Hall–Kier alpha value is -1.26. The van der Waals surface area contributed by atoms with Crippen LogP contribution in [0.1, 0.15) is 46.0 Å². The first kappa shape index (κ1) is 14.8. The van der Waals surface area contributed by atoms with Gasteiger partial charge in [0.25, 0.3) is 0 Å². The number of rotatable bonds is 5. The summed E-state index contributed by atoms with van der Waals surface area (Å²) in [6.07, 6.45) is 5.08. The molecular formula is C13H24N2O3. The van der Waals surface area contributed by atoms with E-state index in [9.17, 15) is 9.59 Å². The maximum Gasteiger partial charge on any atom is 0.315 e. The molecule has 0 heterocycles. The normalized spacial score (nSPS) is 25.2. The number of urea groups is 1. The number of carboxylic acids is 1. The first-order chi connectivity index (χ1) is 8.54. The maximum absolute atomic E-state index is 11.7. The van der Waals surface area contributed by atoms with Crippen molar-refractivity contribution in [1.29, 1.82) is 0 Å². The van der Waals surface area contributed by atoms with Crippen molar-refractivity contribution >= 4 is 12.0 Å². The zero-order valence-corrected chi connectivity index (χ0v) is 11.2. The van der Waals surface area contributed by atoms with E-state index >= 15 is 0 Å². The largest absolute Gasteiger partial charge is 0.481 e. The number of amides is 2. The van der Waals surface area contributed by atoms with Gasteiger partial charge < -0.3 is 15.7 Å². The summed E-state index contributed by atoms with van der Waals surface area (Å²) in [5.74, 6) is -0.852. The van der Waals surface area contributed by atoms with Crippen LogP contribution >= 0.6 is 0 Å². The molecular weight excluding hydrogens is 232 g/mol. The average molecular weight is 256 g/mol. The molecule has 3 N–H and O–H groups in total. The first-order valence-electron chi connectivity index (χ1n) is 6.81. The van der Waals surface area contributed by atoms with E-state index in [2.05, 4.69) is 17.6 Å². The smallest absolute Gasteiger partial charge is 0.315 e. The van der Waals surface area contributed by atoms with Crippen LogP contribution in [0, 0.1) is 11.8 Å². The standard InChI is InChI=1S/C13H24N2O3/c1-3-10(12(16)17)8-14-13(18)15-11-7-5-4-6-9(11)2/h9-11H,3-8H2,1-2H3,(H,16,17)(H2,14,15,18). The lowest BCUT2D eigenvalue weighted by Crippen LogP contribution is -2.47. The molecule has 3 unspecified atom stereocenters. The van der Waals surface area contributed by atoms with Crippen molar-refractivity contribution in [1.82, 2.24) is 10.6 Å². The average Bonchev–Trinajstić information content (AvgIpc) is 2.32. The van der Waals surface area contributed by atoms with E-state index in [1.807, 2.05) is 6.92 Å². The minimum Gasteiger partial charge on any atom is -0.481 e. The van der Waals surface area contributed by atoms with Crippen LogP contribution in [0.15, 0.2) is 0 Å². The van der Waals surface area contributed by atoms with Gasteiger partial charge >= 0.3 is 12.0 Å². The number of hydrogen-bond donors (Lipinski definition) is 3. The lowest BCUT2D eigenvalue weighted by atomic mass is 9.86. The zero-order chi connectivity index (χ0) is 13.5. The van der Waals surface area contributed by atoms with Crippen LogP contribution < -0.4 is 10.6 Å². The van der Waals surface area contributed by atoms with Gasteiger partial charge in [-0.2, -0.15) is 0 Å². The molecule has 1 aliphatic rings. The molecule has 0 aliphatic heterocycles. The molecule has 0 radical (unpaired) electrons. The quantitative estimate of drug-likeness (QED) is 0.703. The Morgan fingerprint density at radius 3 is 2.56 bits per heavy atom. The molecule has 0 aromatic carbocycles. The molecule has 0 aromatic rings. The fourth-order valence-electron chi connectivity index (χ4n) is 2.37. The third-order valence-corrected chi connectivity index (χ3v) is 3.78. The molecule has 0 bridgehead atoms. The van der Waals surface area contributed by atoms with E-state index in [0.717, 1.165) is 19.3 Å². The van der Waals surface area contributed by atoms with Crippen molar-refractivity contribution in [3.8, 4) is 0 Å². The lowest BCUT2D eigenvalue weighted by Gasteiger charge is -2.29. The molecule has 5 nitrogen and oxygen atoms in total. The van der Waals surface area contributed by atoms with Gasteiger partial charge in [0.2, 0.25) is 0 Å². The molecule has 1 aliphatic carbocycles. The molecule has 2 amide bonds. The second-order valence-electron chi connectivity index (χ2n) is 5.17. The maximum atomic E-state index is 11.7. The summed E-state index contributed by atoms with van der Waals surface area (Å²) in [5.41, 5.74) is 0. The Morgan fingerprint density at radius 1 is 1.33 bits per heavy atom. The molecule has 3 atom stereocenters. The molecule has 0 aromatic heterocycles. The SMILES string of the molecule is CCC(CNC(=O)NC1CCCCC1C)C(=O)O. The van der Waals surface area contributed by atoms with E-state index in [4.69, 9.17) is 5.11 Å². The molecule has 1 fully saturated rings. The number of carbonyl (C=O) groups is 2. The number of hydrogen-bond acceptors (Lipinski definition) is 2. The molecule has 18 heavy (non-hydrogen) atoms. The van der Waals surface area contributed by atoms with Gasteiger partial charge in [-0.05, 0) is 25.2 Å². The van der Waals surface area contributed by atoms with Crippen molar-refractivity contribution in [2.75, 3.05) is 6.54 Å². The third kappa shape index (κ3) is 4.55. The predicted molar refractivity (Wildman–Crippen MR) is 69.4 cm³/mol. The summed E-state index contributed by atoms with van der Waals surface area (Å²) in [4.78, 5) is 22.5. The molecule has 5 heteroatoms. The van der Waals surface area contributed by atoms with Crippen LogP contribution in [0.4, 0.5) is 4.79 Å². The highest BCUT2D eigenvalue weighted by Crippen LogP contribution is 2.23. The summed E-state index contributed by atoms with van der Waals surface area (Å²) in [6.45, 7) is 4.15. The Kier molecular flexibility index (Phi) is 5.95. The van der Waals surface area contributed by atoms with Crippen LogP contribution in [0.5, 0.6) is 0 Å². The van der Waals surface area contributed by atoms with E-state index < -0.39 is 11.9 Å². The van der Waals surface area contributed by atoms with Gasteiger partial charge in [-0.15, -0.1) is 0 Å². The Balaban J connectivity index is 2.30. The Bertz CT molecular complexity index is 294. The van der Waals surface area contributed by atoms with Crippen LogP contribution in [-0.2, 0) is 4.79 Å². The van der Waals surface area contributed by atoms with Gasteiger partial charge in [0.15, 0.2) is 0 Å². The number of aliphatic carboxylic acids is 1. The van der Waals surface area contributed by atoms with Gasteiger partial charge in [0, 0.05) is 12.6 Å². The van der Waals surface area contributed by atoms with Gasteiger partial charge in [-0.25, -0.2) is 4.79 Å². The van der Waals surface area contributed by atoms with Gasteiger partial charge in [-0.3, -0.25) is 4.79 Å². The zero-order valence-electron chi connectivity index (χ0n) is 11.2. The van der Waals surface area contributed by atoms with Crippen LogP contribution in [-0.4, -0.2) is 29.7 Å². The lowest BCUT2D eigenvalue weighted by molar-refractivity contribution is -0.141. The monoisotopic (exact) mass is 256 g/mol. The van der Waals surface area contributed by atoms with E-state index in [1.165, 1.54) is 6.42 Å². The highest BCUT2D eigenvalue weighted by Gasteiger charge is 2.23. The predicted octanol–water partition coefficient (Wildman–Crippen LogP) is 1.98. The Labute approximate surface area is 108 Å². The fourth-order valence-corrected chi connectivity index (χ4v) is 2.37. The first-order valence-corrected chi connectivity index (χ1v) is 6.81. The summed E-state index contributed by atoms with van der Waals surface area (Å²) < 4.78 is 0. The summed E-state index contributed by atoms with van der Waals surface area (Å²) in [6, 6.07) is -0.0166. The van der Waals surface area contributed by atoms with E-state index in [-0.39, 0.29) is 18.6 Å². The van der Waals surface area contributed by atoms with Crippen molar-refractivity contribution in [3.05, 3.63) is 0 Å². The summed E-state index contributed by atoms with van der Waals surface area (Å²) in [7, 11) is 0. The van der Waals surface area contributed by atoms with Crippen LogP contribution in [0.2, 0.25) is 0 Å². The van der Waals surface area contributed by atoms with Crippen molar-refractivity contribution in [2.45, 2.75) is 52.0 Å². The van der Waals surface area contributed by atoms with Crippen LogP contribution in [0.25, 0.3) is 0 Å². The van der Waals surface area contributed by atoms with Crippen LogP contribution in [0.3, 0.4) is 0 Å². The molecule has 104 valence electrons. The molecule has 0 saturated heterocycles. The van der Waals surface area contributed by atoms with Gasteiger partial charge in [-0.1, -0.05) is 26.7 Å². The number of carboxylic acid groups (broad SMARTS) is 1. The van der Waals surface area contributed by atoms with Crippen molar-refractivity contribution in [3.63, 3.8) is 0 Å². The minimum absolute atomic E-state index is 0.193. The molecule has 0 spiro atoms. The molecule has 1 rings (SSSR count). The van der Waals surface area contributed by atoms with Crippen molar-refractivity contribution < 1.29 is 14.7 Å². The second-order valence-corrected chi connectivity index (χ2v) is 5.17. The summed E-state index contributed by atoms with van der Waals surface area (Å²) in [5, 5.41) is 14.5. The van der Waals surface area contributed by atoms with Gasteiger partial charge in [0.05, 0.1) is 5.92 Å². The Morgan fingerprint density at radius 2 is 2.00 bits per heavy atom. The second kappa shape index (κ2) is 7.24. The number of carbonyl (C=O) groups excluding carboxylic acids is 1. The van der Waals surface area contributed by atoms with E-state index in [0.29, 0.717) is 12.3 Å². The highest BCUT2D eigenvalue weighted by atomic mass is 16.4. The van der Waals surface area contributed by atoms with Crippen molar-refractivity contribution in [2.24, 2.45) is 11.8 Å². The third-order valence-electron chi connectivity index (χ3n) is 3.78. The topological polar surface area (TPSA) is 78.4 Å². The minimum atomic E-state index is -0.858. The summed E-state index contributed by atoms with van der Waals surface area (Å²) >= 11 is 0. The highest BCUT2D eigenvalue weighted by molar-refractivity contribution is 5.76. The van der Waals surface area contributed by atoms with E-state index in [1.54, 1.807) is 0 Å². The van der Waals surface area contributed by atoms with Gasteiger partial charge in [0.1, 0.15) is 0 Å². The molecule has 1 saturated carbocycles. The number of nitrogens with one attached hydrogen (secondary N) is 2. The fraction of sp³-hybridized carbons (Fsp3) is 0.846.